The quantitative estimate of drug-likeness (QED) is 0.862. The van der Waals surface area contributed by atoms with Gasteiger partial charge >= 0.3 is 6.36 Å². The summed E-state index contributed by atoms with van der Waals surface area (Å²) in [5.74, 6) is -0.151. The highest BCUT2D eigenvalue weighted by atomic mass is 19.4. The van der Waals surface area contributed by atoms with Gasteiger partial charge in [-0.2, -0.15) is 0 Å². The lowest BCUT2D eigenvalue weighted by atomic mass is 9.97. The Hall–Kier alpha value is -1.23. The van der Waals surface area contributed by atoms with Gasteiger partial charge in [-0.3, -0.25) is 0 Å². The second-order valence-electron chi connectivity index (χ2n) is 4.12. The summed E-state index contributed by atoms with van der Waals surface area (Å²) in [4.78, 5) is 0. The fourth-order valence-corrected chi connectivity index (χ4v) is 2.06. The molecule has 0 bridgehead atoms. The summed E-state index contributed by atoms with van der Waals surface area (Å²) in [6, 6.07) is 6.33. The number of halogens is 3. The van der Waals surface area contributed by atoms with E-state index in [0.717, 1.165) is 31.4 Å². The molecule has 1 aromatic rings. The van der Waals surface area contributed by atoms with Crippen LogP contribution in [0.25, 0.3) is 0 Å². The van der Waals surface area contributed by atoms with Crippen molar-refractivity contribution in [1.82, 2.24) is 5.32 Å². The molecule has 17 heavy (non-hydrogen) atoms. The molecule has 0 saturated carbocycles. The average molecular weight is 245 g/mol. The van der Waals surface area contributed by atoms with Crippen molar-refractivity contribution < 1.29 is 17.9 Å². The average Bonchev–Trinajstić information content (AvgIpc) is 2.28. The van der Waals surface area contributed by atoms with Gasteiger partial charge in [0, 0.05) is 6.04 Å². The minimum Gasteiger partial charge on any atom is -0.406 e. The Labute approximate surface area is 97.8 Å². The maximum atomic E-state index is 12.1. The second-order valence-corrected chi connectivity index (χ2v) is 4.12. The first-order valence-corrected chi connectivity index (χ1v) is 5.64. The Bertz CT molecular complexity index is 372. The van der Waals surface area contributed by atoms with E-state index in [9.17, 15) is 13.2 Å². The number of hydrogen-bond acceptors (Lipinski definition) is 2. The fraction of sp³-hybridized carbons (Fsp3) is 0.500. The molecule has 0 aliphatic carbocycles. The Kier molecular flexibility index (Phi) is 3.57. The van der Waals surface area contributed by atoms with E-state index >= 15 is 0 Å². The molecule has 1 aliphatic rings. The van der Waals surface area contributed by atoms with Crippen LogP contribution >= 0.6 is 0 Å². The van der Waals surface area contributed by atoms with E-state index in [-0.39, 0.29) is 11.8 Å². The predicted molar refractivity (Wildman–Crippen MR) is 57.7 cm³/mol. The predicted octanol–water partition coefficient (Wildman–Crippen LogP) is 3.40. The first-order chi connectivity index (χ1) is 8.04. The monoisotopic (exact) mass is 245 g/mol. The molecular formula is C12H14F3NO. The van der Waals surface area contributed by atoms with Gasteiger partial charge in [-0.1, -0.05) is 18.6 Å². The van der Waals surface area contributed by atoms with Crippen molar-refractivity contribution in [2.24, 2.45) is 0 Å². The highest BCUT2D eigenvalue weighted by molar-refractivity contribution is 5.31. The summed E-state index contributed by atoms with van der Waals surface area (Å²) in [6.07, 6.45) is -1.45. The summed E-state index contributed by atoms with van der Waals surface area (Å²) < 4.78 is 40.1. The Morgan fingerprint density at radius 3 is 2.71 bits per heavy atom. The highest BCUT2D eigenvalue weighted by Gasteiger charge is 2.31. The molecule has 1 heterocycles. The second kappa shape index (κ2) is 4.96. The van der Waals surface area contributed by atoms with Gasteiger partial charge in [0.15, 0.2) is 0 Å². The molecule has 1 aliphatic heterocycles. The lowest BCUT2D eigenvalue weighted by Gasteiger charge is -2.24. The van der Waals surface area contributed by atoms with Crippen LogP contribution in [0.5, 0.6) is 5.75 Å². The van der Waals surface area contributed by atoms with Crippen LogP contribution in [-0.4, -0.2) is 12.9 Å². The maximum Gasteiger partial charge on any atom is 0.573 e. The Morgan fingerprint density at radius 1 is 1.24 bits per heavy atom. The van der Waals surface area contributed by atoms with Crippen LogP contribution in [0.4, 0.5) is 13.2 Å². The molecule has 94 valence electrons. The summed E-state index contributed by atoms with van der Waals surface area (Å²) in [7, 11) is 0. The standard InChI is InChI=1S/C12H14F3NO/c13-12(14,15)17-10-5-3-4-9(8-10)11-6-1-2-7-16-11/h3-5,8,11,16H,1-2,6-7H2. The van der Waals surface area contributed by atoms with Crippen molar-refractivity contribution >= 4 is 0 Å². The smallest absolute Gasteiger partial charge is 0.406 e. The molecule has 1 unspecified atom stereocenters. The SMILES string of the molecule is FC(F)(F)Oc1cccc(C2CCCCN2)c1. The number of hydrogen-bond donors (Lipinski definition) is 1. The van der Waals surface area contributed by atoms with Crippen molar-refractivity contribution in [3.63, 3.8) is 0 Å². The van der Waals surface area contributed by atoms with Gasteiger partial charge in [-0.25, -0.2) is 0 Å². The number of benzene rings is 1. The van der Waals surface area contributed by atoms with E-state index in [4.69, 9.17) is 0 Å². The first kappa shape index (κ1) is 12.2. The molecule has 0 aromatic heterocycles. The topological polar surface area (TPSA) is 21.3 Å². The zero-order valence-electron chi connectivity index (χ0n) is 9.26. The molecule has 2 rings (SSSR count). The van der Waals surface area contributed by atoms with Crippen molar-refractivity contribution in [1.29, 1.82) is 0 Å². The molecule has 0 radical (unpaired) electrons. The van der Waals surface area contributed by atoms with E-state index < -0.39 is 6.36 Å². The largest absolute Gasteiger partial charge is 0.573 e. The van der Waals surface area contributed by atoms with Crippen molar-refractivity contribution in [2.45, 2.75) is 31.7 Å². The number of rotatable bonds is 2. The van der Waals surface area contributed by atoms with E-state index in [1.54, 1.807) is 6.07 Å². The van der Waals surface area contributed by atoms with Gasteiger partial charge in [0.25, 0.3) is 0 Å². The molecule has 0 amide bonds. The van der Waals surface area contributed by atoms with Crippen LogP contribution in [0.1, 0.15) is 30.9 Å². The first-order valence-electron chi connectivity index (χ1n) is 5.64. The molecule has 1 saturated heterocycles. The molecule has 1 aromatic carbocycles. The van der Waals surface area contributed by atoms with Crippen LogP contribution < -0.4 is 10.1 Å². The van der Waals surface area contributed by atoms with Gasteiger partial charge in [0.1, 0.15) is 5.75 Å². The molecule has 1 N–H and O–H groups in total. The normalized spacial score (nSPS) is 21.2. The van der Waals surface area contributed by atoms with Crippen molar-refractivity contribution in [2.75, 3.05) is 6.54 Å². The molecule has 0 spiro atoms. The van der Waals surface area contributed by atoms with Crippen LogP contribution in [-0.2, 0) is 0 Å². The molecule has 2 nitrogen and oxygen atoms in total. The number of ether oxygens (including phenoxy) is 1. The Balaban J connectivity index is 2.10. The fourth-order valence-electron chi connectivity index (χ4n) is 2.06. The van der Waals surface area contributed by atoms with Crippen LogP contribution in [0.2, 0.25) is 0 Å². The zero-order chi connectivity index (χ0) is 12.3. The summed E-state index contributed by atoms with van der Waals surface area (Å²) in [5, 5.41) is 3.29. The zero-order valence-corrected chi connectivity index (χ0v) is 9.26. The Morgan fingerprint density at radius 2 is 2.06 bits per heavy atom. The third-order valence-corrected chi connectivity index (χ3v) is 2.80. The van der Waals surface area contributed by atoms with Crippen molar-refractivity contribution in [3.05, 3.63) is 29.8 Å². The van der Waals surface area contributed by atoms with Gasteiger partial charge in [0.2, 0.25) is 0 Å². The molecular weight excluding hydrogens is 231 g/mol. The number of nitrogens with one attached hydrogen (secondary N) is 1. The van der Waals surface area contributed by atoms with E-state index in [2.05, 4.69) is 10.1 Å². The number of alkyl halides is 3. The lowest BCUT2D eigenvalue weighted by Crippen LogP contribution is -2.26. The van der Waals surface area contributed by atoms with E-state index in [0.29, 0.717) is 0 Å². The van der Waals surface area contributed by atoms with Crippen LogP contribution in [0.3, 0.4) is 0 Å². The van der Waals surface area contributed by atoms with E-state index in [1.807, 2.05) is 6.07 Å². The van der Waals surface area contributed by atoms with Crippen LogP contribution in [0, 0.1) is 0 Å². The maximum absolute atomic E-state index is 12.1. The van der Waals surface area contributed by atoms with E-state index in [1.165, 1.54) is 12.1 Å². The summed E-state index contributed by atoms with van der Waals surface area (Å²) in [5.41, 5.74) is 0.853. The third kappa shape index (κ3) is 3.63. The van der Waals surface area contributed by atoms with Gasteiger partial charge < -0.3 is 10.1 Å². The van der Waals surface area contributed by atoms with Crippen LogP contribution in [0.15, 0.2) is 24.3 Å². The van der Waals surface area contributed by atoms with Gasteiger partial charge in [-0.05, 0) is 37.1 Å². The lowest BCUT2D eigenvalue weighted by molar-refractivity contribution is -0.274. The molecule has 1 fully saturated rings. The molecule has 1 atom stereocenters. The minimum absolute atomic E-state index is 0.139. The number of piperidine rings is 1. The highest BCUT2D eigenvalue weighted by Crippen LogP contribution is 2.28. The summed E-state index contributed by atoms with van der Waals surface area (Å²) in [6.45, 7) is 0.912. The summed E-state index contributed by atoms with van der Waals surface area (Å²) >= 11 is 0. The van der Waals surface area contributed by atoms with Gasteiger partial charge in [0.05, 0.1) is 0 Å². The van der Waals surface area contributed by atoms with Gasteiger partial charge in [-0.15, -0.1) is 13.2 Å². The third-order valence-electron chi connectivity index (χ3n) is 2.80. The molecule has 5 heteroatoms. The van der Waals surface area contributed by atoms with Crippen molar-refractivity contribution in [3.8, 4) is 5.75 Å². The minimum atomic E-state index is -4.63.